The molecule has 0 spiro atoms. The van der Waals surface area contributed by atoms with Gasteiger partial charge < -0.3 is 4.74 Å². The summed E-state index contributed by atoms with van der Waals surface area (Å²) in [5.41, 5.74) is 2.82. The third kappa shape index (κ3) is 4.19. The van der Waals surface area contributed by atoms with Crippen LogP contribution in [0.2, 0.25) is 10.0 Å². The fourth-order valence-electron chi connectivity index (χ4n) is 3.68. The fraction of sp³-hybridized carbons (Fsp3) is 0.0400. The highest BCUT2D eigenvalue weighted by Gasteiger charge is 2.15. The number of hydrogen-bond acceptors (Lipinski definition) is 5. The van der Waals surface area contributed by atoms with E-state index in [0.717, 1.165) is 38.6 Å². The zero-order valence-corrected chi connectivity index (χ0v) is 19.3. The summed E-state index contributed by atoms with van der Waals surface area (Å²) in [5, 5.41) is 5.09. The minimum absolute atomic E-state index is 0.174. The van der Waals surface area contributed by atoms with Gasteiger partial charge in [-0.15, -0.1) is 0 Å². The molecule has 1 N–H and O–H groups in total. The lowest BCUT2D eigenvalue weighted by Gasteiger charge is -2.14. The average molecular weight is 491 g/mol. The number of fused-ring (bicyclic) bond motifs is 1. The van der Waals surface area contributed by atoms with Crippen molar-refractivity contribution in [3.63, 3.8) is 0 Å². The van der Waals surface area contributed by atoms with Gasteiger partial charge in [-0.3, -0.25) is 14.8 Å². The molecule has 9 heteroatoms. The van der Waals surface area contributed by atoms with Gasteiger partial charge in [0.25, 0.3) is 5.56 Å². The molecular weight excluding hydrogens is 475 g/mol. The Bertz CT molecular complexity index is 1640. The van der Waals surface area contributed by atoms with Gasteiger partial charge in [0.2, 0.25) is 0 Å². The number of ether oxygens (including phenoxy) is 1. The molecule has 7 nitrogen and oxygen atoms in total. The molecular formula is C25H16Cl2N4O3. The van der Waals surface area contributed by atoms with E-state index >= 15 is 0 Å². The molecule has 5 aromatic rings. The number of pyridine rings is 1. The van der Waals surface area contributed by atoms with Crippen LogP contribution in [0.5, 0.6) is 11.5 Å². The van der Waals surface area contributed by atoms with Gasteiger partial charge in [0.05, 0.1) is 21.2 Å². The molecule has 5 rings (SSSR count). The Hall–Kier alpha value is -3.94. The van der Waals surface area contributed by atoms with Crippen LogP contribution in [0, 0.1) is 6.92 Å². The SMILES string of the molecule is Cc1cc(-c2ccccc2)c2cc(Oc3c(Cl)cc(-n4ncc(=O)[nH]c4=O)cc3Cl)ccc2n1. The molecule has 3 aromatic carbocycles. The normalized spacial score (nSPS) is 11.0. The third-order valence-electron chi connectivity index (χ3n) is 5.15. The van der Waals surface area contributed by atoms with Gasteiger partial charge in [0.15, 0.2) is 5.75 Å². The van der Waals surface area contributed by atoms with Crippen molar-refractivity contribution in [2.24, 2.45) is 0 Å². The Kier molecular flexibility index (Phi) is 5.65. The van der Waals surface area contributed by atoms with Crippen LogP contribution in [0.3, 0.4) is 0 Å². The van der Waals surface area contributed by atoms with Gasteiger partial charge >= 0.3 is 5.69 Å². The monoisotopic (exact) mass is 490 g/mol. The first kappa shape index (κ1) is 21.9. The molecule has 0 saturated carbocycles. The maximum Gasteiger partial charge on any atom is 0.349 e. The van der Waals surface area contributed by atoms with E-state index in [2.05, 4.69) is 15.1 Å². The number of rotatable bonds is 4. The smallest absolute Gasteiger partial charge is 0.349 e. The van der Waals surface area contributed by atoms with Crippen molar-refractivity contribution in [2.45, 2.75) is 6.92 Å². The predicted octanol–water partition coefficient (Wildman–Crippen LogP) is 5.54. The summed E-state index contributed by atoms with van der Waals surface area (Å²) in [6, 6.07) is 20.6. The van der Waals surface area contributed by atoms with E-state index in [4.69, 9.17) is 27.9 Å². The van der Waals surface area contributed by atoms with E-state index in [1.807, 2.05) is 55.5 Å². The van der Waals surface area contributed by atoms with Crippen LogP contribution < -0.4 is 16.0 Å². The lowest BCUT2D eigenvalue weighted by atomic mass is 10.00. The Morgan fingerprint density at radius 3 is 2.38 bits per heavy atom. The molecule has 2 heterocycles. The molecule has 0 aliphatic rings. The summed E-state index contributed by atoms with van der Waals surface area (Å²) >= 11 is 12.9. The van der Waals surface area contributed by atoms with Crippen molar-refractivity contribution < 1.29 is 4.74 Å². The Morgan fingerprint density at radius 1 is 0.941 bits per heavy atom. The third-order valence-corrected chi connectivity index (χ3v) is 5.72. The largest absolute Gasteiger partial charge is 0.454 e. The Labute approximate surface area is 203 Å². The maximum atomic E-state index is 12.1. The van der Waals surface area contributed by atoms with Crippen LogP contribution in [-0.4, -0.2) is 19.7 Å². The van der Waals surface area contributed by atoms with Crippen LogP contribution in [0.4, 0.5) is 0 Å². The zero-order valence-electron chi connectivity index (χ0n) is 17.8. The second-order valence-corrected chi connectivity index (χ2v) is 8.36. The van der Waals surface area contributed by atoms with Crippen LogP contribution >= 0.6 is 23.2 Å². The van der Waals surface area contributed by atoms with E-state index in [1.54, 1.807) is 6.07 Å². The highest BCUT2D eigenvalue weighted by molar-refractivity contribution is 6.37. The summed E-state index contributed by atoms with van der Waals surface area (Å²) in [6.07, 6.45) is 0.989. The molecule has 0 aliphatic heterocycles. The summed E-state index contributed by atoms with van der Waals surface area (Å²) in [5.74, 6) is 0.747. The lowest BCUT2D eigenvalue weighted by Crippen LogP contribution is -2.30. The van der Waals surface area contributed by atoms with E-state index in [0.29, 0.717) is 5.75 Å². The number of aryl methyl sites for hydroxylation is 1. The number of benzene rings is 3. The minimum atomic E-state index is -0.709. The molecule has 0 radical (unpaired) electrons. The Morgan fingerprint density at radius 2 is 1.68 bits per heavy atom. The second kappa shape index (κ2) is 8.78. The quantitative estimate of drug-likeness (QED) is 0.357. The van der Waals surface area contributed by atoms with Gasteiger partial charge in [-0.2, -0.15) is 9.78 Å². The van der Waals surface area contributed by atoms with E-state index in [1.165, 1.54) is 12.1 Å². The molecule has 0 fully saturated rings. The molecule has 0 unspecified atom stereocenters. The molecule has 0 atom stereocenters. The Balaban J connectivity index is 1.56. The van der Waals surface area contributed by atoms with E-state index in [-0.39, 0.29) is 21.5 Å². The minimum Gasteiger partial charge on any atom is -0.454 e. The highest BCUT2D eigenvalue weighted by atomic mass is 35.5. The molecule has 2 aromatic heterocycles. The number of aromatic nitrogens is 4. The van der Waals surface area contributed by atoms with Crippen molar-refractivity contribution in [1.29, 1.82) is 0 Å². The first-order chi connectivity index (χ1) is 16.4. The van der Waals surface area contributed by atoms with Crippen molar-refractivity contribution in [3.05, 3.63) is 110 Å². The molecule has 0 aliphatic carbocycles. The molecule has 0 amide bonds. The first-order valence-electron chi connectivity index (χ1n) is 10.2. The maximum absolute atomic E-state index is 12.1. The number of aromatic amines is 1. The first-order valence-corrected chi connectivity index (χ1v) is 11.0. The van der Waals surface area contributed by atoms with Crippen LogP contribution in [0.25, 0.3) is 27.7 Å². The van der Waals surface area contributed by atoms with E-state index < -0.39 is 11.2 Å². The predicted molar refractivity (Wildman–Crippen MR) is 132 cm³/mol. The van der Waals surface area contributed by atoms with Gasteiger partial charge in [0.1, 0.15) is 11.9 Å². The summed E-state index contributed by atoms with van der Waals surface area (Å²) in [6.45, 7) is 1.96. The molecule has 168 valence electrons. The number of nitrogens with zero attached hydrogens (tertiary/aromatic N) is 3. The van der Waals surface area contributed by atoms with Crippen molar-refractivity contribution >= 4 is 34.1 Å². The molecule has 34 heavy (non-hydrogen) atoms. The van der Waals surface area contributed by atoms with Gasteiger partial charge in [-0.05, 0) is 54.4 Å². The standard InChI is InChI=1S/C25H16Cl2N4O3/c1-14-9-18(15-5-3-2-4-6-15)19-12-17(7-8-22(19)29-14)34-24-20(26)10-16(11-21(24)27)31-25(33)30-23(32)13-28-31/h2-13H,1H3,(H,30,32,33). The van der Waals surface area contributed by atoms with Crippen molar-refractivity contribution in [3.8, 4) is 28.3 Å². The lowest BCUT2D eigenvalue weighted by molar-refractivity contribution is 0.483. The van der Waals surface area contributed by atoms with Crippen LogP contribution in [0.1, 0.15) is 5.69 Å². The van der Waals surface area contributed by atoms with Gasteiger partial charge in [-0.25, -0.2) is 4.79 Å². The van der Waals surface area contributed by atoms with Gasteiger partial charge in [-0.1, -0.05) is 53.5 Å². The zero-order chi connectivity index (χ0) is 23.8. The second-order valence-electron chi connectivity index (χ2n) is 7.55. The number of hydrogen-bond donors (Lipinski definition) is 1. The summed E-state index contributed by atoms with van der Waals surface area (Å²) in [4.78, 5) is 30.1. The topological polar surface area (TPSA) is 89.9 Å². The van der Waals surface area contributed by atoms with Crippen molar-refractivity contribution in [2.75, 3.05) is 0 Å². The summed E-state index contributed by atoms with van der Waals surface area (Å²) < 4.78 is 7.04. The van der Waals surface area contributed by atoms with E-state index in [9.17, 15) is 9.59 Å². The fourth-order valence-corrected chi connectivity index (χ4v) is 4.23. The highest BCUT2D eigenvalue weighted by Crippen LogP contribution is 2.39. The van der Waals surface area contributed by atoms with Gasteiger partial charge in [0, 0.05) is 11.1 Å². The van der Waals surface area contributed by atoms with Crippen LogP contribution in [0.15, 0.2) is 82.5 Å². The number of H-pyrrole nitrogens is 1. The number of halogens is 2. The number of nitrogens with one attached hydrogen (secondary N) is 1. The van der Waals surface area contributed by atoms with Crippen molar-refractivity contribution in [1.82, 2.24) is 19.7 Å². The summed E-state index contributed by atoms with van der Waals surface area (Å²) in [7, 11) is 0. The molecule has 0 bridgehead atoms. The van der Waals surface area contributed by atoms with Crippen LogP contribution in [-0.2, 0) is 0 Å². The average Bonchev–Trinajstić information content (AvgIpc) is 2.81. The molecule has 0 saturated heterocycles.